The molecule has 0 aromatic heterocycles. The molecule has 0 heterocycles. The molecule has 0 aliphatic heterocycles. The molecule has 2 unspecified atom stereocenters. The van der Waals surface area contributed by atoms with E-state index >= 15 is 0 Å². The lowest BCUT2D eigenvalue weighted by Crippen LogP contribution is -2.10. The van der Waals surface area contributed by atoms with Crippen LogP contribution >= 0.6 is 25.8 Å². The van der Waals surface area contributed by atoms with Gasteiger partial charge >= 0.3 is 13.5 Å². The lowest BCUT2D eigenvalue weighted by atomic mass is 10.2. The summed E-state index contributed by atoms with van der Waals surface area (Å²) in [5.41, 5.74) is 0. The highest BCUT2D eigenvalue weighted by atomic mass is 32.7. The maximum atomic E-state index is 10.6. The molecule has 0 aromatic carbocycles. The number of hydrogen-bond donors (Lipinski definition) is 4. The van der Waals surface area contributed by atoms with Crippen LogP contribution in [0, 0.1) is 5.92 Å². The van der Waals surface area contributed by atoms with Crippen molar-refractivity contribution >= 4 is 37.6 Å². The van der Waals surface area contributed by atoms with Gasteiger partial charge in [-0.3, -0.25) is 0 Å². The fraction of sp³-hybridized carbons (Fsp3) is 1.00. The van der Waals surface area contributed by atoms with E-state index in [9.17, 15) is 4.57 Å². The van der Waals surface area contributed by atoms with E-state index in [4.69, 9.17) is 14.7 Å². The van der Waals surface area contributed by atoms with Gasteiger partial charge in [0.1, 0.15) is 0 Å². The van der Waals surface area contributed by atoms with Gasteiger partial charge in [0.25, 0.3) is 0 Å². The highest BCUT2D eigenvalue weighted by Crippen LogP contribution is 2.47. The molecule has 10 heteroatoms. The van der Waals surface area contributed by atoms with Crippen LogP contribution in [0.2, 0.25) is 0 Å². The van der Waals surface area contributed by atoms with E-state index in [1.165, 1.54) is 0 Å². The van der Waals surface area contributed by atoms with E-state index in [2.05, 4.69) is 33.1 Å². The van der Waals surface area contributed by atoms with Gasteiger partial charge in [0.2, 0.25) is 0 Å². The Balaban J connectivity index is 3.73. The minimum Gasteiger partial charge on any atom is -0.325 e. The van der Waals surface area contributed by atoms with Gasteiger partial charge in [0, 0.05) is 5.92 Å². The van der Waals surface area contributed by atoms with Crippen LogP contribution in [0.5, 0.6) is 0 Å². The first-order valence-corrected chi connectivity index (χ1v) is 8.86. The monoisotopic (exact) mass is 282 g/mol. The first-order valence-electron chi connectivity index (χ1n) is 3.50. The van der Waals surface area contributed by atoms with Crippen LogP contribution in [0.4, 0.5) is 0 Å². The molecule has 0 spiro atoms. The fourth-order valence-corrected chi connectivity index (χ4v) is 1.78. The average Bonchev–Trinajstić information content (AvgIpc) is 1.94. The molecule has 2 atom stereocenters. The van der Waals surface area contributed by atoms with E-state index in [0.717, 1.165) is 0 Å². The molecule has 6 nitrogen and oxygen atoms in total. The van der Waals surface area contributed by atoms with Gasteiger partial charge in [-0.05, 0) is 11.8 Å². The first-order chi connectivity index (χ1) is 6.10. The molecular weight excluding hydrogens is 270 g/mol. The number of hydrogen-bond acceptors (Lipinski definition) is 4. The van der Waals surface area contributed by atoms with E-state index in [-0.39, 0.29) is 19.1 Å². The van der Waals surface area contributed by atoms with E-state index < -0.39 is 13.5 Å². The van der Waals surface area contributed by atoms with Gasteiger partial charge in [-0.15, -0.1) is 0 Å². The molecule has 3 N–H and O–H groups in total. The zero-order valence-corrected chi connectivity index (χ0v) is 10.8. The summed E-state index contributed by atoms with van der Waals surface area (Å²) in [4.78, 5) is 26.0. The maximum absolute atomic E-state index is 10.6. The number of rotatable bonds is 6. The van der Waals surface area contributed by atoms with Crippen molar-refractivity contribution in [3.8, 4) is 0 Å². The van der Waals surface area contributed by atoms with Crippen molar-refractivity contribution in [2.24, 2.45) is 5.92 Å². The molecule has 0 saturated heterocycles. The second kappa shape index (κ2) is 5.94. The van der Waals surface area contributed by atoms with Crippen molar-refractivity contribution < 1.29 is 28.3 Å². The Kier molecular flexibility index (Phi) is 6.37. The Morgan fingerprint density at radius 3 is 2.14 bits per heavy atom. The van der Waals surface area contributed by atoms with Crippen LogP contribution < -0.4 is 0 Å². The van der Waals surface area contributed by atoms with Crippen molar-refractivity contribution in [3.05, 3.63) is 0 Å². The van der Waals surface area contributed by atoms with Gasteiger partial charge in [-0.2, -0.15) is 0 Å². The molecule has 0 aliphatic carbocycles. The Morgan fingerprint density at radius 1 is 1.36 bits per heavy atom. The fourth-order valence-electron chi connectivity index (χ4n) is 0.497. The SMILES string of the molecule is CC(COP(=O)(O)S)COP(O)(O)=S. The second-order valence-corrected chi connectivity index (χ2v) is 8.10. The molecule has 0 amide bonds. The van der Waals surface area contributed by atoms with E-state index in [1.54, 1.807) is 6.92 Å². The highest BCUT2D eigenvalue weighted by molar-refractivity contribution is 8.44. The normalized spacial score (nSPS) is 18.9. The van der Waals surface area contributed by atoms with E-state index in [1.807, 2.05) is 0 Å². The van der Waals surface area contributed by atoms with Crippen LogP contribution in [0.3, 0.4) is 0 Å². The summed E-state index contributed by atoms with van der Waals surface area (Å²) in [5, 5.41) is 0. The summed E-state index contributed by atoms with van der Waals surface area (Å²) in [6.45, 7) is -5.94. The summed E-state index contributed by atoms with van der Waals surface area (Å²) >= 11 is 7.49. The summed E-state index contributed by atoms with van der Waals surface area (Å²) in [6.07, 6.45) is 0. The molecule has 0 saturated carbocycles. The zero-order valence-electron chi connectivity index (χ0n) is 7.31. The van der Waals surface area contributed by atoms with Gasteiger partial charge in [-0.25, -0.2) is 4.57 Å². The maximum Gasteiger partial charge on any atom is 0.383 e. The third kappa shape index (κ3) is 11.1. The van der Waals surface area contributed by atoms with Crippen LogP contribution in [-0.2, 0) is 25.4 Å². The van der Waals surface area contributed by atoms with Gasteiger partial charge in [0.15, 0.2) is 0 Å². The summed E-state index contributed by atoms with van der Waals surface area (Å²) in [7, 11) is 0. The van der Waals surface area contributed by atoms with Crippen molar-refractivity contribution in [1.29, 1.82) is 0 Å². The Labute approximate surface area is 92.2 Å². The van der Waals surface area contributed by atoms with E-state index in [0.29, 0.717) is 0 Å². The first kappa shape index (κ1) is 15.0. The summed E-state index contributed by atoms with van der Waals surface area (Å²) in [6, 6.07) is 0. The Bertz CT molecular complexity index is 233. The van der Waals surface area contributed by atoms with Crippen LogP contribution in [-0.4, -0.2) is 27.9 Å². The lowest BCUT2D eigenvalue weighted by molar-refractivity contribution is 0.164. The lowest BCUT2D eigenvalue weighted by Gasteiger charge is -2.14. The van der Waals surface area contributed by atoms with Gasteiger partial charge in [0.05, 0.1) is 13.2 Å². The summed E-state index contributed by atoms with van der Waals surface area (Å²) in [5.74, 6) is -0.288. The standard InChI is InChI=1S/C4H12O6P2S2/c1-4(2-9-11(5,6)13)3-10-12(7,8)14/h4H,2-3H2,1H3,(H2,5,6,13)(H2,7,8,14). The molecule has 14 heavy (non-hydrogen) atoms. The zero-order chi connectivity index (χ0) is 11.4. The molecule has 0 rings (SSSR count). The van der Waals surface area contributed by atoms with Crippen LogP contribution in [0.1, 0.15) is 6.92 Å². The highest BCUT2D eigenvalue weighted by Gasteiger charge is 2.16. The number of thiol groups is 1. The van der Waals surface area contributed by atoms with Crippen molar-refractivity contribution in [3.63, 3.8) is 0 Å². The van der Waals surface area contributed by atoms with Crippen molar-refractivity contribution in [2.75, 3.05) is 13.2 Å². The predicted octanol–water partition coefficient (Wildman–Crippen LogP) is 0.895. The third-order valence-electron chi connectivity index (χ3n) is 1.05. The quantitative estimate of drug-likeness (QED) is 0.424. The smallest absolute Gasteiger partial charge is 0.325 e. The minimum atomic E-state index is -3.79. The van der Waals surface area contributed by atoms with Crippen LogP contribution in [0.25, 0.3) is 0 Å². The van der Waals surface area contributed by atoms with Gasteiger partial charge in [-0.1, -0.05) is 19.2 Å². The molecule has 86 valence electrons. The summed E-state index contributed by atoms with van der Waals surface area (Å²) < 4.78 is 19.5. The van der Waals surface area contributed by atoms with Crippen LogP contribution in [0.15, 0.2) is 0 Å². The second-order valence-electron chi connectivity index (χ2n) is 2.68. The molecule has 0 aliphatic rings. The topological polar surface area (TPSA) is 96.2 Å². The Hall–Kier alpha value is 1.03. The minimum absolute atomic E-state index is 0.0575. The molecule has 0 aromatic rings. The third-order valence-corrected chi connectivity index (χ3v) is 2.69. The van der Waals surface area contributed by atoms with Gasteiger partial charge < -0.3 is 23.7 Å². The molecule has 0 bridgehead atoms. The van der Waals surface area contributed by atoms with Crippen molar-refractivity contribution in [1.82, 2.24) is 0 Å². The molecular formula is C4H12O6P2S2. The average molecular weight is 282 g/mol. The van der Waals surface area contributed by atoms with Crippen molar-refractivity contribution in [2.45, 2.75) is 6.92 Å². The molecule has 0 fully saturated rings. The molecule has 0 radical (unpaired) electrons. The predicted molar refractivity (Wildman–Crippen MR) is 58.6 cm³/mol. The Morgan fingerprint density at radius 2 is 1.79 bits per heavy atom. The largest absolute Gasteiger partial charge is 0.383 e.